The van der Waals surface area contributed by atoms with Gasteiger partial charge in [-0.05, 0) is 24.8 Å². The van der Waals surface area contributed by atoms with Crippen molar-refractivity contribution in [3.63, 3.8) is 0 Å². The largest absolute Gasteiger partial charge is 0.343 e. The maximum atomic E-state index is 14.1. The Morgan fingerprint density at radius 1 is 1.09 bits per heavy atom. The minimum atomic E-state index is -0.918. The first-order chi connectivity index (χ1) is 10.2. The summed E-state index contributed by atoms with van der Waals surface area (Å²) < 4.78 is 14.1. The third-order valence-corrected chi connectivity index (χ3v) is 4.67. The van der Waals surface area contributed by atoms with Gasteiger partial charge in [0, 0.05) is 51.0 Å². The molecule has 0 N–H and O–H groups in total. The zero-order valence-corrected chi connectivity index (χ0v) is 16.2. The molecule has 1 aromatic carbocycles. The van der Waals surface area contributed by atoms with Gasteiger partial charge in [0.2, 0.25) is 0 Å². The van der Waals surface area contributed by atoms with Crippen molar-refractivity contribution < 1.29 is 41.9 Å². The van der Waals surface area contributed by atoms with Crippen LogP contribution in [0.2, 0.25) is 0 Å². The fourth-order valence-electron chi connectivity index (χ4n) is 3.44. The molecule has 2 rings (SSSR count). The first kappa shape index (κ1) is 20.0. The van der Waals surface area contributed by atoms with Gasteiger partial charge < -0.3 is 6.92 Å². The van der Waals surface area contributed by atoms with Crippen molar-refractivity contribution in [2.75, 3.05) is 0 Å². The smallest absolute Gasteiger partial charge is 0.139 e. The molecule has 1 fully saturated rings. The van der Waals surface area contributed by atoms with E-state index in [1.165, 1.54) is 5.56 Å². The van der Waals surface area contributed by atoms with Crippen LogP contribution in [0.4, 0.5) is 4.39 Å². The Kier molecular flexibility index (Phi) is 9.67. The van der Waals surface area contributed by atoms with Crippen molar-refractivity contribution >= 4 is 5.78 Å². The van der Waals surface area contributed by atoms with Crippen LogP contribution in [-0.2, 0) is 43.9 Å². The zero-order chi connectivity index (χ0) is 15.1. The summed E-state index contributed by atoms with van der Waals surface area (Å²) in [5.74, 6) is 0.0200. The van der Waals surface area contributed by atoms with Gasteiger partial charge in [0.1, 0.15) is 12.0 Å². The molecule has 1 unspecified atom stereocenters. The number of alkyl halides is 1. The molecule has 1 aliphatic rings. The second-order valence-electron chi connectivity index (χ2n) is 6.18. The van der Waals surface area contributed by atoms with Gasteiger partial charge in [0.15, 0.2) is 0 Å². The number of Topliss-reactive ketones (excluding diaryl/α,β-unsaturated/α-hetero) is 1. The van der Waals surface area contributed by atoms with Crippen LogP contribution in [0.15, 0.2) is 30.3 Å². The predicted molar refractivity (Wildman–Crippen MR) is 84.7 cm³/mol. The first-order valence-electron chi connectivity index (χ1n) is 8.22. The number of ketones is 1. The summed E-state index contributed by atoms with van der Waals surface area (Å²) in [6.45, 7) is 3.83. The van der Waals surface area contributed by atoms with Crippen molar-refractivity contribution in [2.24, 2.45) is 11.8 Å². The topological polar surface area (TPSA) is 17.1 Å². The van der Waals surface area contributed by atoms with Crippen molar-refractivity contribution in [3.05, 3.63) is 42.8 Å². The molecule has 22 heavy (non-hydrogen) atoms. The Labute approximate surface area is 159 Å². The van der Waals surface area contributed by atoms with Gasteiger partial charge in [-0.3, -0.25) is 4.79 Å². The van der Waals surface area contributed by atoms with Crippen LogP contribution in [0, 0.1) is 18.8 Å². The number of hydrogen-bond donors (Lipinski definition) is 0. The van der Waals surface area contributed by atoms with Crippen LogP contribution in [0.5, 0.6) is 0 Å². The van der Waals surface area contributed by atoms with Crippen LogP contribution < -0.4 is 0 Å². The summed E-state index contributed by atoms with van der Waals surface area (Å²) in [5, 5.41) is 0. The van der Waals surface area contributed by atoms with Gasteiger partial charge in [-0.2, -0.15) is 6.42 Å². The predicted octanol–water partition coefficient (Wildman–Crippen LogP) is 4.94. The number of benzene rings is 1. The van der Waals surface area contributed by atoms with Gasteiger partial charge in [0.05, 0.1) is 0 Å². The van der Waals surface area contributed by atoms with Crippen LogP contribution in [0.1, 0.15) is 50.5 Å². The molecule has 119 valence electrons. The molecule has 0 heterocycles. The van der Waals surface area contributed by atoms with E-state index in [-0.39, 0.29) is 56.7 Å². The summed E-state index contributed by atoms with van der Waals surface area (Å²) in [5.41, 5.74) is 1.24. The Hall–Kier alpha value is -0.0761. The van der Waals surface area contributed by atoms with E-state index in [0.29, 0.717) is 0 Å². The Morgan fingerprint density at radius 3 is 2.50 bits per heavy atom. The summed E-state index contributed by atoms with van der Waals surface area (Å²) in [4.78, 5) is 12.1. The van der Waals surface area contributed by atoms with Gasteiger partial charge in [-0.25, -0.2) is 4.39 Å². The molecule has 0 aromatic heterocycles. The van der Waals surface area contributed by atoms with Crippen LogP contribution in [0.3, 0.4) is 0 Å². The van der Waals surface area contributed by atoms with E-state index in [1.807, 2.05) is 18.2 Å². The Balaban J connectivity index is 0.00000242. The van der Waals surface area contributed by atoms with Gasteiger partial charge in [-0.1, -0.05) is 49.6 Å². The number of aryl methyl sites for hydroxylation is 1. The van der Waals surface area contributed by atoms with E-state index in [0.717, 1.165) is 44.9 Å². The summed E-state index contributed by atoms with van der Waals surface area (Å²) in [6.07, 6.45) is 5.92. The normalized spacial score (nSPS) is 24.3. The molecular weight excluding hydrogens is 352 g/mol. The molecule has 0 amide bonds. The summed E-state index contributed by atoms with van der Waals surface area (Å²) in [6, 6.07) is 10.2. The SMILES string of the molecule is [CH2-]CCCCC[C@H]1C(F)CC(=O)[C@@H]1CCc1ccccc1.[Y]. The molecule has 1 saturated carbocycles. The molecular formula is C19H26FOY-. The molecule has 1 radical (unpaired) electrons. The summed E-state index contributed by atoms with van der Waals surface area (Å²) in [7, 11) is 0. The second-order valence-corrected chi connectivity index (χ2v) is 6.18. The second kappa shape index (κ2) is 10.7. The summed E-state index contributed by atoms with van der Waals surface area (Å²) >= 11 is 0. The van der Waals surface area contributed by atoms with Crippen LogP contribution >= 0.6 is 0 Å². The minimum absolute atomic E-state index is 0. The number of unbranched alkanes of at least 4 members (excludes halogenated alkanes) is 3. The number of carbonyl (C=O) groups excluding carboxylic acids is 1. The molecule has 1 aromatic rings. The monoisotopic (exact) mass is 378 g/mol. The van der Waals surface area contributed by atoms with E-state index in [1.54, 1.807) is 0 Å². The molecule has 3 atom stereocenters. The first-order valence-corrected chi connectivity index (χ1v) is 8.22. The quantitative estimate of drug-likeness (QED) is 0.462. The standard InChI is InChI=1S/C19H26FO.Y/c1-2-3-4-8-11-16-17(19(21)14-18(16)20)13-12-15-9-6-5-7-10-15;/h5-7,9-10,16-18H,1-4,8,11-14H2;/q-1;/t16-,17-,18?;/m1./s1. The zero-order valence-electron chi connectivity index (χ0n) is 13.3. The molecule has 1 nitrogen and oxygen atoms in total. The third kappa shape index (κ3) is 5.85. The van der Waals surface area contributed by atoms with Crippen molar-refractivity contribution in [1.29, 1.82) is 0 Å². The Morgan fingerprint density at radius 2 is 1.82 bits per heavy atom. The number of halogens is 1. The van der Waals surface area contributed by atoms with Gasteiger partial charge >= 0.3 is 0 Å². The fraction of sp³-hybridized carbons (Fsp3) is 0.579. The number of hydrogen-bond acceptors (Lipinski definition) is 1. The third-order valence-electron chi connectivity index (χ3n) is 4.67. The average molecular weight is 378 g/mol. The van der Waals surface area contributed by atoms with Gasteiger partial charge in [-0.15, -0.1) is 0 Å². The molecule has 0 aliphatic heterocycles. The molecule has 0 saturated heterocycles. The van der Waals surface area contributed by atoms with E-state index in [9.17, 15) is 9.18 Å². The average Bonchev–Trinajstić information content (AvgIpc) is 2.76. The van der Waals surface area contributed by atoms with Gasteiger partial charge in [0.25, 0.3) is 0 Å². The van der Waals surface area contributed by atoms with Crippen molar-refractivity contribution in [1.82, 2.24) is 0 Å². The molecule has 0 spiro atoms. The number of carbonyl (C=O) groups is 1. The molecule has 3 heteroatoms. The van der Waals surface area contributed by atoms with E-state index < -0.39 is 6.17 Å². The van der Waals surface area contributed by atoms with Crippen molar-refractivity contribution in [3.8, 4) is 0 Å². The van der Waals surface area contributed by atoms with E-state index >= 15 is 0 Å². The molecule has 1 aliphatic carbocycles. The van der Waals surface area contributed by atoms with Crippen LogP contribution in [0.25, 0.3) is 0 Å². The van der Waals surface area contributed by atoms with E-state index in [4.69, 9.17) is 0 Å². The van der Waals surface area contributed by atoms with E-state index in [2.05, 4.69) is 19.1 Å². The Bertz CT molecular complexity index is 434. The van der Waals surface area contributed by atoms with Crippen LogP contribution in [-0.4, -0.2) is 12.0 Å². The fourth-order valence-corrected chi connectivity index (χ4v) is 3.44. The number of rotatable bonds is 8. The maximum absolute atomic E-state index is 14.1. The maximum Gasteiger partial charge on any atom is 0.139 e. The minimum Gasteiger partial charge on any atom is -0.343 e. The molecule has 0 bridgehead atoms. The van der Waals surface area contributed by atoms with Crippen molar-refractivity contribution in [2.45, 2.75) is 57.5 Å².